The predicted octanol–water partition coefficient (Wildman–Crippen LogP) is 2.54. The molecule has 0 amide bonds. The van der Waals surface area contributed by atoms with Gasteiger partial charge >= 0.3 is 5.97 Å². The highest BCUT2D eigenvalue weighted by Gasteiger charge is 2.29. The molecule has 1 atom stereocenters. The summed E-state index contributed by atoms with van der Waals surface area (Å²) in [7, 11) is 1.78. The predicted molar refractivity (Wildman–Crippen MR) is 84.6 cm³/mol. The van der Waals surface area contributed by atoms with Crippen LogP contribution in [-0.4, -0.2) is 20.9 Å². The molecule has 1 N–H and O–H groups in total. The first-order valence-electron chi connectivity index (χ1n) is 7.91. The summed E-state index contributed by atoms with van der Waals surface area (Å²) in [5.41, 5.74) is 4.08. The first-order chi connectivity index (χ1) is 11.1. The molecule has 0 fully saturated rings. The normalized spacial score (nSPS) is 19.0. The Morgan fingerprint density at radius 1 is 1.30 bits per heavy atom. The Hall–Kier alpha value is -2.40. The molecule has 23 heavy (non-hydrogen) atoms. The lowest BCUT2D eigenvalue weighted by Gasteiger charge is -2.11. The number of carbonyl (C=O) groups excluding carboxylic acids is 1. The van der Waals surface area contributed by atoms with Gasteiger partial charge in [-0.2, -0.15) is 5.10 Å². The van der Waals surface area contributed by atoms with Crippen molar-refractivity contribution in [2.45, 2.75) is 31.8 Å². The van der Waals surface area contributed by atoms with Crippen LogP contribution >= 0.6 is 0 Å². The number of esters is 1. The topological polar surface area (TPSA) is 64.4 Å². The first-order valence-corrected chi connectivity index (χ1v) is 7.91. The van der Waals surface area contributed by atoms with Crippen molar-refractivity contribution in [3.8, 4) is 0 Å². The number of nitrogens with zero attached hydrogens (tertiary/aromatic N) is 2. The highest BCUT2D eigenvalue weighted by Crippen LogP contribution is 2.35. The molecule has 5 nitrogen and oxygen atoms in total. The van der Waals surface area contributed by atoms with Crippen LogP contribution in [0.4, 0.5) is 0 Å². The van der Waals surface area contributed by atoms with E-state index in [0.717, 1.165) is 48.1 Å². The highest BCUT2D eigenvalue weighted by molar-refractivity contribution is 5.94. The summed E-state index contributed by atoms with van der Waals surface area (Å²) in [6, 6.07) is 7.41. The molecule has 1 aromatic heterocycles. The SMILES string of the molecule is Cn1nc2c(c1C(=O)OC1=CC(O)c3ccccc31)CCCC2. The maximum absolute atomic E-state index is 12.7. The van der Waals surface area contributed by atoms with E-state index in [1.54, 1.807) is 17.8 Å². The van der Waals surface area contributed by atoms with Crippen molar-refractivity contribution in [2.24, 2.45) is 7.05 Å². The van der Waals surface area contributed by atoms with Crippen LogP contribution in [0, 0.1) is 0 Å². The minimum Gasteiger partial charge on any atom is -0.421 e. The number of aliphatic hydroxyl groups excluding tert-OH is 1. The third-order valence-electron chi connectivity index (χ3n) is 4.57. The fourth-order valence-corrected chi connectivity index (χ4v) is 3.48. The standard InChI is InChI=1S/C18H18N2O3/c1-20-17(13-8-4-5-9-14(13)19-20)18(22)23-16-10-15(21)11-6-2-3-7-12(11)16/h2-3,6-7,10,15,21H,4-5,8-9H2,1H3. The summed E-state index contributed by atoms with van der Waals surface area (Å²) >= 11 is 0. The Labute approximate surface area is 134 Å². The van der Waals surface area contributed by atoms with Crippen LogP contribution in [0.5, 0.6) is 0 Å². The lowest BCUT2D eigenvalue weighted by Crippen LogP contribution is -2.13. The quantitative estimate of drug-likeness (QED) is 0.866. The van der Waals surface area contributed by atoms with Crippen molar-refractivity contribution in [2.75, 3.05) is 0 Å². The van der Waals surface area contributed by atoms with Gasteiger partial charge in [-0.25, -0.2) is 4.79 Å². The number of aliphatic hydroxyl groups is 1. The van der Waals surface area contributed by atoms with Crippen LogP contribution in [0.15, 0.2) is 30.3 Å². The van der Waals surface area contributed by atoms with Crippen LogP contribution in [-0.2, 0) is 24.6 Å². The molecular formula is C18H18N2O3. The second-order valence-electron chi connectivity index (χ2n) is 6.06. The lowest BCUT2D eigenvalue weighted by atomic mass is 9.96. The lowest BCUT2D eigenvalue weighted by molar-refractivity contribution is 0.0678. The van der Waals surface area contributed by atoms with Crippen LogP contribution in [0.2, 0.25) is 0 Å². The third-order valence-corrected chi connectivity index (χ3v) is 4.57. The number of hydrogen-bond acceptors (Lipinski definition) is 4. The van der Waals surface area contributed by atoms with Crippen LogP contribution in [0.1, 0.15) is 51.8 Å². The van der Waals surface area contributed by atoms with E-state index < -0.39 is 12.1 Å². The molecule has 2 aromatic rings. The smallest absolute Gasteiger partial charge is 0.362 e. The van der Waals surface area contributed by atoms with E-state index in [9.17, 15) is 9.90 Å². The first kappa shape index (κ1) is 14.2. The molecule has 5 heteroatoms. The number of aryl methyl sites for hydroxylation is 2. The maximum Gasteiger partial charge on any atom is 0.362 e. The van der Waals surface area contributed by atoms with Crippen molar-refractivity contribution in [1.29, 1.82) is 0 Å². The molecule has 118 valence electrons. The van der Waals surface area contributed by atoms with Crippen molar-refractivity contribution in [3.05, 3.63) is 58.4 Å². The highest BCUT2D eigenvalue weighted by atomic mass is 16.5. The molecule has 0 radical (unpaired) electrons. The molecule has 0 bridgehead atoms. The van der Waals surface area contributed by atoms with E-state index in [1.165, 1.54) is 0 Å². The van der Waals surface area contributed by atoms with E-state index in [-0.39, 0.29) is 0 Å². The Morgan fingerprint density at radius 2 is 2.09 bits per heavy atom. The summed E-state index contributed by atoms with van der Waals surface area (Å²) in [6.07, 6.45) is 4.82. The average molecular weight is 310 g/mol. The van der Waals surface area contributed by atoms with Crippen molar-refractivity contribution >= 4 is 11.7 Å². The van der Waals surface area contributed by atoms with E-state index >= 15 is 0 Å². The Kier molecular flexibility index (Phi) is 3.31. The van der Waals surface area contributed by atoms with E-state index in [4.69, 9.17) is 4.74 Å². The van der Waals surface area contributed by atoms with Crippen LogP contribution in [0.3, 0.4) is 0 Å². The second kappa shape index (κ2) is 5.35. The fourth-order valence-electron chi connectivity index (χ4n) is 3.48. The summed E-state index contributed by atoms with van der Waals surface area (Å²) in [5, 5.41) is 14.5. The van der Waals surface area contributed by atoms with Gasteiger partial charge < -0.3 is 9.84 Å². The van der Waals surface area contributed by atoms with Gasteiger partial charge in [-0.05, 0) is 37.3 Å². The van der Waals surface area contributed by atoms with Gasteiger partial charge in [0.25, 0.3) is 0 Å². The summed E-state index contributed by atoms with van der Waals surface area (Å²) in [6.45, 7) is 0. The maximum atomic E-state index is 12.7. The molecule has 4 rings (SSSR count). The largest absolute Gasteiger partial charge is 0.421 e. The summed E-state index contributed by atoms with van der Waals surface area (Å²) in [5.74, 6) is 0.0159. The molecule has 1 heterocycles. The molecule has 0 spiro atoms. The summed E-state index contributed by atoms with van der Waals surface area (Å²) in [4.78, 5) is 12.7. The third kappa shape index (κ3) is 2.28. The van der Waals surface area contributed by atoms with E-state index in [0.29, 0.717) is 11.5 Å². The Bertz CT molecular complexity index is 820. The number of carbonyl (C=O) groups is 1. The van der Waals surface area contributed by atoms with Gasteiger partial charge in [-0.15, -0.1) is 0 Å². The van der Waals surface area contributed by atoms with Gasteiger partial charge in [-0.1, -0.05) is 24.3 Å². The monoisotopic (exact) mass is 310 g/mol. The van der Waals surface area contributed by atoms with Gasteiger partial charge in [-0.3, -0.25) is 4.68 Å². The zero-order valence-corrected chi connectivity index (χ0v) is 13.0. The van der Waals surface area contributed by atoms with Gasteiger partial charge in [0.2, 0.25) is 0 Å². The Morgan fingerprint density at radius 3 is 2.96 bits per heavy atom. The van der Waals surface area contributed by atoms with Gasteiger partial charge in [0.1, 0.15) is 17.6 Å². The van der Waals surface area contributed by atoms with Gasteiger partial charge in [0, 0.05) is 18.2 Å². The molecule has 2 aliphatic carbocycles. The van der Waals surface area contributed by atoms with Crippen molar-refractivity contribution < 1.29 is 14.6 Å². The van der Waals surface area contributed by atoms with Crippen LogP contribution in [0.25, 0.3) is 5.76 Å². The van der Waals surface area contributed by atoms with Crippen molar-refractivity contribution in [3.63, 3.8) is 0 Å². The number of benzene rings is 1. The van der Waals surface area contributed by atoms with Gasteiger partial charge in [0.15, 0.2) is 0 Å². The Balaban J connectivity index is 1.65. The number of ether oxygens (including phenoxy) is 1. The minimum absolute atomic E-state index is 0.404. The summed E-state index contributed by atoms with van der Waals surface area (Å²) < 4.78 is 7.22. The molecular weight excluding hydrogens is 292 g/mol. The zero-order valence-electron chi connectivity index (χ0n) is 13.0. The number of aromatic nitrogens is 2. The second-order valence-corrected chi connectivity index (χ2v) is 6.06. The van der Waals surface area contributed by atoms with Crippen LogP contribution < -0.4 is 0 Å². The molecule has 0 saturated heterocycles. The molecule has 1 unspecified atom stereocenters. The molecule has 2 aliphatic rings. The minimum atomic E-state index is -0.727. The fraction of sp³-hybridized carbons (Fsp3) is 0.333. The molecule has 0 saturated carbocycles. The van der Waals surface area contributed by atoms with Crippen molar-refractivity contribution in [1.82, 2.24) is 9.78 Å². The molecule has 1 aromatic carbocycles. The van der Waals surface area contributed by atoms with E-state index in [1.807, 2.05) is 24.3 Å². The van der Waals surface area contributed by atoms with Gasteiger partial charge in [0.05, 0.1) is 5.69 Å². The zero-order chi connectivity index (χ0) is 16.0. The number of rotatable bonds is 2. The number of hydrogen-bond donors (Lipinski definition) is 1. The van der Waals surface area contributed by atoms with E-state index in [2.05, 4.69) is 5.10 Å². The molecule has 0 aliphatic heterocycles. The number of fused-ring (bicyclic) bond motifs is 2. The average Bonchev–Trinajstić information content (AvgIpc) is 3.04.